The number of aromatic nitrogens is 2. The number of hydrogen-bond donors (Lipinski definition) is 1. The number of benzene rings is 1. The minimum absolute atomic E-state index is 0.0321. The van der Waals surface area contributed by atoms with E-state index >= 15 is 0 Å². The molecule has 1 fully saturated rings. The Morgan fingerprint density at radius 2 is 2.32 bits per heavy atom. The molecule has 1 aliphatic heterocycles. The highest BCUT2D eigenvalue weighted by Crippen LogP contribution is 2.24. The largest absolute Gasteiger partial charge is 0.336 e. The van der Waals surface area contributed by atoms with E-state index < -0.39 is 0 Å². The Hall–Kier alpha value is -1.66. The number of amides is 1. The fourth-order valence-corrected chi connectivity index (χ4v) is 3.34. The molecule has 0 spiro atoms. The van der Waals surface area contributed by atoms with Crippen molar-refractivity contribution in [1.29, 1.82) is 0 Å². The smallest absolute Gasteiger partial charge is 0.257 e. The Bertz CT molecular complexity index is 684. The summed E-state index contributed by atoms with van der Waals surface area (Å²) in [6.45, 7) is 3.44. The maximum atomic E-state index is 12.7. The zero-order chi connectivity index (χ0) is 15.7. The molecule has 116 valence electrons. The van der Waals surface area contributed by atoms with E-state index in [-0.39, 0.29) is 11.9 Å². The van der Waals surface area contributed by atoms with Crippen molar-refractivity contribution in [2.24, 2.45) is 11.7 Å². The van der Waals surface area contributed by atoms with Crippen LogP contribution in [0.1, 0.15) is 23.7 Å². The highest BCUT2D eigenvalue weighted by atomic mass is 79.9. The van der Waals surface area contributed by atoms with Gasteiger partial charge in [-0.1, -0.05) is 22.0 Å². The standard InChI is InChI=1S/C16H19BrN4O/c1-11-5-12(7-18)9-20(11)16(22)13-8-19-21(10-13)15-4-2-3-14(17)6-15/h2-4,6,8,10-12H,5,7,9,18H2,1H3. The lowest BCUT2D eigenvalue weighted by Gasteiger charge is -2.20. The molecule has 2 N–H and O–H groups in total. The first kappa shape index (κ1) is 15.2. The lowest BCUT2D eigenvalue weighted by atomic mass is 10.1. The molecule has 0 saturated carbocycles. The second kappa shape index (κ2) is 6.22. The summed E-state index contributed by atoms with van der Waals surface area (Å²) in [5.41, 5.74) is 7.27. The van der Waals surface area contributed by atoms with E-state index in [1.165, 1.54) is 0 Å². The van der Waals surface area contributed by atoms with Gasteiger partial charge in [0, 0.05) is 23.3 Å². The Kier molecular flexibility index (Phi) is 4.31. The molecule has 22 heavy (non-hydrogen) atoms. The van der Waals surface area contributed by atoms with Gasteiger partial charge in [-0.25, -0.2) is 4.68 Å². The first-order valence-electron chi connectivity index (χ1n) is 7.40. The van der Waals surface area contributed by atoms with Gasteiger partial charge in [0.15, 0.2) is 0 Å². The van der Waals surface area contributed by atoms with Gasteiger partial charge in [-0.2, -0.15) is 5.10 Å². The molecule has 2 aromatic rings. The van der Waals surface area contributed by atoms with Crippen LogP contribution in [0.2, 0.25) is 0 Å². The summed E-state index contributed by atoms with van der Waals surface area (Å²) in [4.78, 5) is 14.6. The van der Waals surface area contributed by atoms with E-state index in [0.717, 1.165) is 23.1 Å². The normalized spacial score (nSPS) is 21.3. The summed E-state index contributed by atoms with van der Waals surface area (Å²) in [5.74, 6) is 0.434. The topological polar surface area (TPSA) is 64.2 Å². The van der Waals surface area contributed by atoms with Gasteiger partial charge in [0.05, 0.1) is 17.4 Å². The molecule has 2 unspecified atom stereocenters. The number of likely N-dealkylation sites (tertiary alicyclic amines) is 1. The van der Waals surface area contributed by atoms with Gasteiger partial charge in [-0.15, -0.1) is 0 Å². The molecule has 1 saturated heterocycles. The fourth-order valence-electron chi connectivity index (χ4n) is 2.96. The average Bonchev–Trinajstić information content (AvgIpc) is 3.13. The van der Waals surface area contributed by atoms with Gasteiger partial charge >= 0.3 is 0 Å². The van der Waals surface area contributed by atoms with E-state index in [9.17, 15) is 4.79 Å². The molecule has 2 atom stereocenters. The monoisotopic (exact) mass is 362 g/mol. The fraction of sp³-hybridized carbons (Fsp3) is 0.375. The lowest BCUT2D eigenvalue weighted by Crippen LogP contribution is -2.34. The molecule has 0 aliphatic carbocycles. The maximum absolute atomic E-state index is 12.7. The van der Waals surface area contributed by atoms with E-state index in [0.29, 0.717) is 18.0 Å². The molecule has 3 rings (SSSR count). The number of nitrogens with zero attached hydrogens (tertiary/aromatic N) is 3. The van der Waals surface area contributed by atoms with Crippen molar-refractivity contribution < 1.29 is 4.79 Å². The molecule has 1 aromatic heterocycles. The van der Waals surface area contributed by atoms with Crippen molar-refractivity contribution >= 4 is 21.8 Å². The quantitative estimate of drug-likeness (QED) is 0.911. The summed E-state index contributed by atoms with van der Waals surface area (Å²) in [6.07, 6.45) is 4.39. The number of carbonyl (C=O) groups excluding carboxylic acids is 1. The van der Waals surface area contributed by atoms with Crippen molar-refractivity contribution in [2.75, 3.05) is 13.1 Å². The molecule has 6 heteroatoms. The zero-order valence-corrected chi connectivity index (χ0v) is 14.0. The van der Waals surface area contributed by atoms with Crippen LogP contribution in [0.5, 0.6) is 0 Å². The van der Waals surface area contributed by atoms with Crippen LogP contribution in [0.3, 0.4) is 0 Å². The number of rotatable bonds is 3. The molecule has 0 radical (unpaired) electrons. The van der Waals surface area contributed by atoms with Gasteiger partial charge in [-0.3, -0.25) is 4.79 Å². The van der Waals surface area contributed by atoms with Crippen LogP contribution in [-0.2, 0) is 0 Å². The Morgan fingerprint density at radius 3 is 3.00 bits per heavy atom. The van der Waals surface area contributed by atoms with Gasteiger partial charge in [0.25, 0.3) is 5.91 Å². The number of carbonyl (C=O) groups is 1. The lowest BCUT2D eigenvalue weighted by molar-refractivity contribution is 0.0743. The van der Waals surface area contributed by atoms with Crippen LogP contribution < -0.4 is 5.73 Å². The van der Waals surface area contributed by atoms with Gasteiger partial charge in [0.1, 0.15) is 0 Å². The summed E-state index contributed by atoms with van der Waals surface area (Å²) >= 11 is 3.44. The Balaban J connectivity index is 1.80. The molecule has 5 nitrogen and oxygen atoms in total. The van der Waals surface area contributed by atoms with E-state index in [1.807, 2.05) is 29.2 Å². The van der Waals surface area contributed by atoms with E-state index in [4.69, 9.17) is 5.73 Å². The molecule has 2 heterocycles. The van der Waals surface area contributed by atoms with Crippen molar-refractivity contribution in [1.82, 2.24) is 14.7 Å². The first-order chi connectivity index (χ1) is 10.6. The minimum atomic E-state index is 0.0321. The number of nitrogens with two attached hydrogens (primary N) is 1. The highest BCUT2D eigenvalue weighted by Gasteiger charge is 2.32. The van der Waals surface area contributed by atoms with Gasteiger partial charge in [-0.05, 0) is 44.0 Å². The van der Waals surface area contributed by atoms with Crippen LogP contribution in [0, 0.1) is 5.92 Å². The van der Waals surface area contributed by atoms with Crippen molar-refractivity contribution in [3.63, 3.8) is 0 Å². The van der Waals surface area contributed by atoms with Crippen molar-refractivity contribution in [3.05, 3.63) is 46.7 Å². The Labute approximate surface area is 138 Å². The Morgan fingerprint density at radius 1 is 1.50 bits per heavy atom. The third-order valence-corrected chi connectivity index (χ3v) is 4.65. The summed E-state index contributed by atoms with van der Waals surface area (Å²) in [5, 5.41) is 4.31. The van der Waals surface area contributed by atoms with Crippen LogP contribution in [0.4, 0.5) is 0 Å². The molecular weight excluding hydrogens is 344 g/mol. The summed E-state index contributed by atoms with van der Waals surface area (Å²) in [6, 6.07) is 8.05. The van der Waals surface area contributed by atoms with Gasteiger partial charge in [0.2, 0.25) is 0 Å². The third-order valence-electron chi connectivity index (χ3n) is 4.16. The molecule has 0 bridgehead atoms. The predicted octanol–water partition coefficient (Wildman–Crippen LogP) is 2.44. The molecule has 1 aliphatic rings. The van der Waals surface area contributed by atoms with E-state index in [2.05, 4.69) is 28.0 Å². The molecule has 1 amide bonds. The van der Waals surface area contributed by atoms with Crippen molar-refractivity contribution in [3.8, 4) is 5.69 Å². The molecular formula is C16H19BrN4O. The van der Waals surface area contributed by atoms with Crippen LogP contribution >= 0.6 is 15.9 Å². The summed E-state index contributed by atoms with van der Waals surface area (Å²) < 4.78 is 2.70. The van der Waals surface area contributed by atoms with E-state index in [1.54, 1.807) is 17.1 Å². The number of halogens is 1. The van der Waals surface area contributed by atoms with Crippen LogP contribution in [0.25, 0.3) is 5.69 Å². The number of hydrogen-bond acceptors (Lipinski definition) is 3. The van der Waals surface area contributed by atoms with Crippen LogP contribution in [-0.4, -0.2) is 39.7 Å². The van der Waals surface area contributed by atoms with Gasteiger partial charge < -0.3 is 10.6 Å². The average molecular weight is 363 g/mol. The van der Waals surface area contributed by atoms with Crippen LogP contribution in [0.15, 0.2) is 41.1 Å². The second-order valence-electron chi connectivity index (χ2n) is 5.80. The summed E-state index contributed by atoms with van der Waals surface area (Å²) in [7, 11) is 0. The first-order valence-corrected chi connectivity index (χ1v) is 8.19. The zero-order valence-electron chi connectivity index (χ0n) is 12.4. The maximum Gasteiger partial charge on any atom is 0.257 e. The van der Waals surface area contributed by atoms with Crippen molar-refractivity contribution in [2.45, 2.75) is 19.4 Å². The minimum Gasteiger partial charge on any atom is -0.336 e. The SMILES string of the molecule is CC1CC(CN)CN1C(=O)c1cnn(-c2cccc(Br)c2)c1. The third kappa shape index (κ3) is 2.94. The second-order valence-corrected chi connectivity index (χ2v) is 6.71. The predicted molar refractivity (Wildman–Crippen MR) is 88.9 cm³/mol. The molecule has 1 aromatic carbocycles. The highest BCUT2D eigenvalue weighted by molar-refractivity contribution is 9.10.